The van der Waals surface area contributed by atoms with Crippen LogP contribution in [0.3, 0.4) is 0 Å². The van der Waals surface area contributed by atoms with Gasteiger partial charge >= 0.3 is 0 Å². The summed E-state index contributed by atoms with van der Waals surface area (Å²) in [6.45, 7) is 10.0. The highest BCUT2D eigenvalue weighted by molar-refractivity contribution is 6.07. The maximum absolute atomic E-state index is 12.2. The third-order valence-electron chi connectivity index (χ3n) is 3.69. The fourth-order valence-electron chi connectivity index (χ4n) is 2.78. The summed E-state index contributed by atoms with van der Waals surface area (Å²) >= 11 is 0. The molecule has 0 saturated carbocycles. The zero-order valence-electron chi connectivity index (χ0n) is 13.8. The number of rotatable bonds is 4. The number of amides is 1. The van der Waals surface area contributed by atoms with Crippen molar-refractivity contribution in [3.05, 3.63) is 35.3 Å². The first-order valence-electron chi connectivity index (χ1n) is 7.42. The van der Waals surface area contributed by atoms with Gasteiger partial charge in [-0.25, -0.2) is 0 Å². The first kappa shape index (κ1) is 16.8. The molecule has 0 unspecified atom stereocenters. The van der Waals surface area contributed by atoms with E-state index in [1.807, 2.05) is 6.92 Å². The third kappa shape index (κ3) is 3.61. The molecule has 0 radical (unpaired) electrons. The molecule has 1 aliphatic rings. The highest BCUT2D eigenvalue weighted by Gasteiger charge is 2.36. The number of furan rings is 1. The minimum Gasteiger partial charge on any atom is -0.455 e. The molecule has 1 aromatic rings. The quantitative estimate of drug-likeness (QED) is 0.337. The number of nitrogens with two attached hydrogens (primary N) is 2. The number of fused-ring (bicyclic) bond motifs is 1. The van der Waals surface area contributed by atoms with Gasteiger partial charge in [0, 0.05) is 24.1 Å². The Labute approximate surface area is 135 Å². The molecule has 1 heterocycles. The largest absolute Gasteiger partial charge is 0.455 e. The molecule has 5 N–H and O–H groups in total. The van der Waals surface area contributed by atoms with Crippen molar-refractivity contribution >= 4 is 17.6 Å². The number of carbonyl (C=O) groups excluding carboxylic acids is 1. The smallest absolute Gasteiger partial charge is 0.287 e. The molecule has 124 valence electrons. The Bertz CT molecular complexity index is 694. The first-order valence-corrected chi connectivity index (χ1v) is 7.42. The van der Waals surface area contributed by atoms with Crippen LogP contribution in [-0.4, -0.2) is 24.1 Å². The van der Waals surface area contributed by atoms with Gasteiger partial charge in [0.2, 0.25) is 5.96 Å². The second-order valence-electron chi connectivity index (χ2n) is 6.44. The van der Waals surface area contributed by atoms with Crippen molar-refractivity contribution in [2.75, 3.05) is 6.54 Å². The lowest BCUT2D eigenvalue weighted by Gasteiger charge is -2.29. The normalized spacial score (nSPS) is 17.4. The van der Waals surface area contributed by atoms with Gasteiger partial charge in [0.1, 0.15) is 5.76 Å². The predicted octanol–water partition coefficient (Wildman–Crippen LogP) is 1.45. The maximum atomic E-state index is 12.2. The number of carbonyl (C=O) groups is 1. The monoisotopic (exact) mass is 317 g/mol. The maximum Gasteiger partial charge on any atom is 0.287 e. The van der Waals surface area contributed by atoms with Crippen molar-refractivity contribution in [2.24, 2.45) is 27.1 Å². The molecule has 2 rings (SSSR count). The van der Waals surface area contributed by atoms with Crippen LogP contribution in [0.2, 0.25) is 0 Å². The molecule has 23 heavy (non-hydrogen) atoms. The van der Waals surface area contributed by atoms with Gasteiger partial charge in [-0.2, -0.15) is 5.10 Å². The first-order chi connectivity index (χ1) is 10.7. The molecular weight excluding hydrogens is 294 g/mol. The molecule has 0 saturated heterocycles. The summed E-state index contributed by atoms with van der Waals surface area (Å²) < 4.78 is 5.83. The van der Waals surface area contributed by atoms with Gasteiger partial charge in [-0.3, -0.25) is 4.79 Å². The van der Waals surface area contributed by atoms with Crippen molar-refractivity contribution in [1.29, 1.82) is 0 Å². The van der Waals surface area contributed by atoms with Gasteiger partial charge in [-0.15, -0.1) is 11.7 Å². The predicted molar refractivity (Wildman–Crippen MR) is 90.4 cm³/mol. The van der Waals surface area contributed by atoms with Crippen LogP contribution in [0.4, 0.5) is 0 Å². The molecular formula is C16H23N5O2. The van der Waals surface area contributed by atoms with Crippen LogP contribution in [0.25, 0.3) is 0 Å². The molecule has 0 spiro atoms. The van der Waals surface area contributed by atoms with E-state index in [9.17, 15) is 4.79 Å². The molecule has 0 atom stereocenters. The zero-order valence-corrected chi connectivity index (χ0v) is 13.8. The van der Waals surface area contributed by atoms with Gasteiger partial charge < -0.3 is 21.2 Å². The molecule has 7 heteroatoms. The number of nitrogens with zero attached hydrogens (tertiary/aromatic N) is 2. The summed E-state index contributed by atoms with van der Waals surface area (Å²) in [4.78, 5) is 12.2. The third-order valence-corrected chi connectivity index (χ3v) is 3.69. The van der Waals surface area contributed by atoms with E-state index in [-0.39, 0.29) is 17.3 Å². The summed E-state index contributed by atoms with van der Waals surface area (Å²) in [5.74, 6) is 0.669. The lowest BCUT2D eigenvalue weighted by atomic mass is 9.75. The molecule has 0 fully saturated rings. The van der Waals surface area contributed by atoms with E-state index in [4.69, 9.17) is 15.9 Å². The minimum atomic E-state index is -0.268. The van der Waals surface area contributed by atoms with Crippen LogP contribution < -0.4 is 16.8 Å². The summed E-state index contributed by atoms with van der Waals surface area (Å²) in [5.41, 5.74) is 13.0. The molecule has 1 amide bonds. The van der Waals surface area contributed by atoms with Crippen molar-refractivity contribution in [3.63, 3.8) is 0 Å². The van der Waals surface area contributed by atoms with Crippen LogP contribution in [0.5, 0.6) is 0 Å². The van der Waals surface area contributed by atoms with Crippen LogP contribution >= 0.6 is 0 Å². The SMILES string of the molecule is C=CCNC(=O)c1oc2c(c1C)/C(=N\N=C(N)N)CC(C)(C)C2. The van der Waals surface area contributed by atoms with Crippen LogP contribution in [-0.2, 0) is 6.42 Å². The fraction of sp³-hybridized carbons (Fsp3) is 0.438. The Morgan fingerprint density at radius 3 is 2.74 bits per heavy atom. The van der Waals surface area contributed by atoms with E-state index in [1.54, 1.807) is 6.08 Å². The van der Waals surface area contributed by atoms with Crippen molar-refractivity contribution in [3.8, 4) is 0 Å². The lowest BCUT2D eigenvalue weighted by Crippen LogP contribution is -2.27. The highest BCUT2D eigenvalue weighted by Crippen LogP contribution is 2.38. The van der Waals surface area contributed by atoms with Gasteiger partial charge in [0.05, 0.1) is 5.71 Å². The fourth-order valence-corrected chi connectivity index (χ4v) is 2.78. The number of guanidine groups is 1. The molecule has 0 bridgehead atoms. The van der Waals surface area contributed by atoms with E-state index in [0.717, 1.165) is 29.0 Å². The van der Waals surface area contributed by atoms with E-state index < -0.39 is 0 Å². The van der Waals surface area contributed by atoms with Gasteiger partial charge in [-0.1, -0.05) is 19.9 Å². The highest BCUT2D eigenvalue weighted by atomic mass is 16.4. The second kappa shape index (κ2) is 6.28. The molecule has 7 nitrogen and oxygen atoms in total. The number of nitrogens with one attached hydrogen (secondary N) is 1. The topological polar surface area (TPSA) is 119 Å². The van der Waals surface area contributed by atoms with Crippen LogP contribution in [0, 0.1) is 12.3 Å². The Balaban J connectivity index is 2.49. The average molecular weight is 317 g/mol. The Morgan fingerprint density at radius 1 is 1.43 bits per heavy atom. The van der Waals surface area contributed by atoms with Gasteiger partial charge in [-0.05, 0) is 18.8 Å². The average Bonchev–Trinajstić information content (AvgIpc) is 2.77. The van der Waals surface area contributed by atoms with E-state index >= 15 is 0 Å². The molecule has 1 aliphatic carbocycles. The Hall–Kier alpha value is -2.57. The van der Waals surface area contributed by atoms with Crippen LogP contribution in [0.1, 0.15) is 47.7 Å². The summed E-state index contributed by atoms with van der Waals surface area (Å²) in [6.07, 6.45) is 3.04. The van der Waals surface area contributed by atoms with E-state index in [2.05, 4.69) is 35.9 Å². The van der Waals surface area contributed by atoms with Crippen molar-refractivity contribution in [2.45, 2.75) is 33.6 Å². The van der Waals surface area contributed by atoms with E-state index in [0.29, 0.717) is 18.7 Å². The summed E-state index contributed by atoms with van der Waals surface area (Å²) in [6, 6.07) is 0. The second-order valence-corrected chi connectivity index (χ2v) is 6.44. The zero-order chi connectivity index (χ0) is 17.2. The Morgan fingerprint density at radius 2 is 2.13 bits per heavy atom. The Kier molecular flexibility index (Phi) is 4.58. The number of hydrogen-bond acceptors (Lipinski definition) is 4. The van der Waals surface area contributed by atoms with Crippen molar-refractivity contribution in [1.82, 2.24) is 5.32 Å². The standard InChI is InChI=1S/C16H23N5O2/c1-5-6-19-14(22)13-9(2)12-10(20-21-15(17)18)7-16(3,4)8-11(12)23-13/h5H,1,6-8H2,2-4H3,(H,19,22)(H4,17,18,21)/b20-10-. The molecule has 0 aromatic carbocycles. The van der Waals surface area contributed by atoms with E-state index in [1.165, 1.54) is 0 Å². The lowest BCUT2D eigenvalue weighted by molar-refractivity contribution is 0.0926. The summed E-state index contributed by atoms with van der Waals surface area (Å²) in [7, 11) is 0. The van der Waals surface area contributed by atoms with Crippen LogP contribution in [0.15, 0.2) is 27.3 Å². The van der Waals surface area contributed by atoms with Gasteiger partial charge in [0.25, 0.3) is 5.91 Å². The summed E-state index contributed by atoms with van der Waals surface area (Å²) in [5, 5.41) is 10.7. The van der Waals surface area contributed by atoms with Crippen molar-refractivity contribution < 1.29 is 9.21 Å². The minimum absolute atomic E-state index is 0.0517. The van der Waals surface area contributed by atoms with Gasteiger partial charge in [0.15, 0.2) is 5.76 Å². The number of hydrogen-bond donors (Lipinski definition) is 3. The molecule has 0 aliphatic heterocycles. The molecule has 1 aromatic heterocycles.